The second-order valence-corrected chi connectivity index (χ2v) is 4.77. The molecule has 1 heterocycles. The van der Waals surface area contributed by atoms with Crippen LogP contribution in [0.5, 0.6) is 11.5 Å². The van der Waals surface area contributed by atoms with Gasteiger partial charge in [0.2, 0.25) is 0 Å². The van der Waals surface area contributed by atoms with Gasteiger partial charge in [-0.15, -0.1) is 0 Å². The average molecular weight is 287 g/mol. The highest BCUT2D eigenvalue weighted by molar-refractivity contribution is 5.47. The Hall–Kier alpha value is -2.14. The molecule has 5 heteroatoms. The van der Waals surface area contributed by atoms with Crippen LogP contribution in [0.2, 0.25) is 0 Å². The molecule has 0 spiro atoms. The summed E-state index contributed by atoms with van der Waals surface area (Å²) in [6.45, 7) is 2.37. The van der Waals surface area contributed by atoms with E-state index in [1.807, 2.05) is 18.2 Å². The molecule has 0 radical (unpaired) electrons. The summed E-state index contributed by atoms with van der Waals surface area (Å²) >= 11 is 0. The lowest BCUT2D eigenvalue weighted by atomic mass is 10.0. The fraction of sp³-hybridized carbons (Fsp3) is 0.375. The number of aromatic nitrogens is 2. The summed E-state index contributed by atoms with van der Waals surface area (Å²) in [6.07, 6.45) is 5.06. The van der Waals surface area contributed by atoms with Crippen LogP contribution in [-0.4, -0.2) is 23.1 Å². The molecule has 2 rings (SSSR count). The molecule has 0 saturated carbocycles. The number of methoxy groups -OCH3 is 1. The SMILES string of the molecule is CCC(N)Cc1cccc(OC)c1OCc1ncccn1. The van der Waals surface area contributed by atoms with Crippen molar-refractivity contribution in [2.45, 2.75) is 32.4 Å². The lowest BCUT2D eigenvalue weighted by Gasteiger charge is -2.16. The summed E-state index contributed by atoms with van der Waals surface area (Å²) in [7, 11) is 1.63. The van der Waals surface area contributed by atoms with E-state index in [0.29, 0.717) is 18.2 Å². The van der Waals surface area contributed by atoms with Crippen molar-refractivity contribution >= 4 is 0 Å². The van der Waals surface area contributed by atoms with E-state index in [1.165, 1.54) is 0 Å². The first-order valence-corrected chi connectivity index (χ1v) is 7.04. The Kier molecular flexibility index (Phi) is 5.51. The predicted molar refractivity (Wildman–Crippen MR) is 81.3 cm³/mol. The first-order valence-electron chi connectivity index (χ1n) is 7.04. The van der Waals surface area contributed by atoms with Gasteiger partial charge in [-0.1, -0.05) is 19.1 Å². The number of nitrogens with two attached hydrogens (primary N) is 1. The Morgan fingerprint density at radius 2 is 1.95 bits per heavy atom. The van der Waals surface area contributed by atoms with Crippen molar-refractivity contribution in [3.8, 4) is 11.5 Å². The molecule has 1 atom stereocenters. The van der Waals surface area contributed by atoms with Crippen LogP contribution in [0, 0.1) is 0 Å². The van der Waals surface area contributed by atoms with Gasteiger partial charge in [0.1, 0.15) is 6.61 Å². The molecule has 1 aromatic heterocycles. The van der Waals surface area contributed by atoms with E-state index in [2.05, 4.69) is 16.9 Å². The van der Waals surface area contributed by atoms with Gasteiger partial charge in [0.05, 0.1) is 7.11 Å². The van der Waals surface area contributed by atoms with Crippen LogP contribution in [0.25, 0.3) is 0 Å². The van der Waals surface area contributed by atoms with E-state index in [4.69, 9.17) is 15.2 Å². The summed E-state index contributed by atoms with van der Waals surface area (Å²) in [5.41, 5.74) is 7.09. The molecule has 1 aromatic carbocycles. The van der Waals surface area contributed by atoms with Crippen molar-refractivity contribution in [3.05, 3.63) is 48.0 Å². The molecule has 0 aliphatic carbocycles. The molecule has 0 amide bonds. The van der Waals surface area contributed by atoms with Gasteiger partial charge in [0.15, 0.2) is 17.3 Å². The van der Waals surface area contributed by atoms with Crippen molar-refractivity contribution in [1.29, 1.82) is 0 Å². The van der Waals surface area contributed by atoms with Gasteiger partial charge in [0.25, 0.3) is 0 Å². The van der Waals surface area contributed by atoms with Crippen LogP contribution < -0.4 is 15.2 Å². The minimum atomic E-state index is 0.104. The quantitative estimate of drug-likeness (QED) is 0.846. The third-order valence-corrected chi connectivity index (χ3v) is 3.25. The fourth-order valence-electron chi connectivity index (χ4n) is 2.01. The first-order chi connectivity index (χ1) is 10.2. The second-order valence-electron chi connectivity index (χ2n) is 4.77. The van der Waals surface area contributed by atoms with Gasteiger partial charge in [-0.05, 0) is 30.5 Å². The molecule has 0 aliphatic heterocycles. The predicted octanol–water partition coefficient (Wildman–Crippen LogP) is 2.34. The van der Waals surface area contributed by atoms with E-state index in [9.17, 15) is 0 Å². The van der Waals surface area contributed by atoms with Crippen LogP contribution >= 0.6 is 0 Å². The first kappa shape index (κ1) is 15.3. The van der Waals surface area contributed by atoms with Gasteiger partial charge >= 0.3 is 0 Å². The zero-order valence-corrected chi connectivity index (χ0v) is 12.5. The third-order valence-electron chi connectivity index (χ3n) is 3.25. The average Bonchev–Trinajstić information content (AvgIpc) is 2.54. The van der Waals surface area contributed by atoms with Crippen molar-refractivity contribution in [1.82, 2.24) is 9.97 Å². The van der Waals surface area contributed by atoms with Crippen LogP contribution in [0.4, 0.5) is 0 Å². The highest BCUT2D eigenvalue weighted by Gasteiger charge is 2.13. The van der Waals surface area contributed by atoms with Crippen molar-refractivity contribution in [3.63, 3.8) is 0 Å². The molecule has 0 saturated heterocycles. The molecule has 2 aromatic rings. The normalized spacial score (nSPS) is 12.0. The molecule has 0 bridgehead atoms. The van der Waals surface area contributed by atoms with Crippen LogP contribution in [0.15, 0.2) is 36.7 Å². The number of hydrogen-bond donors (Lipinski definition) is 1. The van der Waals surface area contributed by atoms with E-state index in [0.717, 1.165) is 24.2 Å². The molecule has 5 nitrogen and oxygen atoms in total. The number of hydrogen-bond acceptors (Lipinski definition) is 5. The lowest BCUT2D eigenvalue weighted by Crippen LogP contribution is -2.21. The van der Waals surface area contributed by atoms with Gasteiger partial charge < -0.3 is 15.2 Å². The van der Waals surface area contributed by atoms with Crippen LogP contribution in [0.1, 0.15) is 24.7 Å². The number of nitrogens with zero attached hydrogens (tertiary/aromatic N) is 2. The molecule has 0 fully saturated rings. The summed E-state index contributed by atoms with van der Waals surface area (Å²) in [5, 5.41) is 0. The number of rotatable bonds is 7. The Bertz CT molecular complexity index is 561. The minimum Gasteiger partial charge on any atom is -0.493 e. The van der Waals surface area contributed by atoms with Crippen LogP contribution in [0.3, 0.4) is 0 Å². The molecule has 1 unspecified atom stereocenters. The van der Waals surface area contributed by atoms with Crippen molar-refractivity contribution in [2.24, 2.45) is 5.73 Å². The Labute approximate surface area is 125 Å². The Morgan fingerprint density at radius 1 is 1.19 bits per heavy atom. The zero-order chi connectivity index (χ0) is 15.1. The van der Waals surface area contributed by atoms with Crippen molar-refractivity contribution < 1.29 is 9.47 Å². The van der Waals surface area contributed by atoms with E-state index in [1.54, 1.807) is 25.6 Å². The monoisotopic (exact) mass is 287 g/mol. The highest BCUT2D eigenvalue weighted by Crippen LogP contribution is 2.32. The van der Waals surface area contributed by atoms with Gasteiger partial charge in [0, 0.05) is 18.4 Å². The van der Waals surface area contributed by atoms with Crippen LogP contribution in [-0.2, 0) is 13.0 Å². The summed E-state index contributed by atoms with van der Waals surface area (Å²) in [4.78, 5) is 8.31. The van der Waals surface area contributed by atoms with E-state index in [-0.39, 0.29) is 6.04 Å². The zero-order valence-electron chi connectivity index (χ0n) is 12.5. The summed E-state index contributed by atoms with van der Waals surface area (Å²) in [6, 6.07) is 7.72. The smallest absolute Gasteiger partial charge is 0.166 e. The fourth-order valence-corrected chi connectivity index (χ4v) is 2.01. The molecular weight excluding hydrogens is 266 g/mol. The Morgan fingerprint density at radius 3 is 2.62 bits per heavy atom. The van der Waals surface area contributed by atoms with E-state index >= 15 is 0 Å². The maximum atomic E-state index is 6.05. The van der Waals surface area contributed by atoms with Gasteiger partial charge in [-0.3, -0.25) is 0 Å². The number of ether oxygens (including phenoxy) is 2. The number of para-hydroxylation sites is 1. The summed E-state index contributed by atoms with van der Waals surface area (Å²) in [5.74, 6) is 2.05. The van der Waals surface area contributed by atoms with Gasteiger partial charge in [-0.2, -0.15) is 0 Å². The minimum absolute atomic E-state index is 0.104. The maximum Gasteiger partial charge on any atom is 0.166 e. The molecule has 21 heavy (non-hydrogen) atoms. The van der Waals surface area contributed by atoms with Gasteiger partial charge in [-0.25, -0.2) is 9.97 Å². The molecule has 0 aliphatic rings. The second kappa shape index (κ2) is 7.59. The largest absolute Gasteiger partial charge is 0.493 e. The third kappa shape index (κ3) is 4.16. The highest BCUT2D eigenvalue weighted by atomic mass is 16.5. The lowest BCUT2D eigenvalue weighted by molar-refractivity contribution is 0.272. The van der Waals surface area contributed by atoms with E-state index < -0.39 is 0 Å². The number of benzene rings is 1. The molecule has 112 valence electrons. The summed E-state index contributed by atoms with van der Waals surface area (Å²) < 4.78 is 11.3. The molecule has 2 N–H and O–H groups in total. The standard InChI is InChI=1S/C16H21N3O2/c1-3-13(17)10-12-6-4-7-14(20-2)16(12)21-11-15-18-8-5-9-19-15/h4-9,13H,3,10-11,17H2,1-2H3. The Balaban J connectivity index is 2.18. The maximum absolute atomic E-state index is 6.05. The molecular formula is C16H21N3O2. The topological polar surface area (TPSA) is 70.3 Å². The van der Waals surface area contributed by atoms with Crippen molar-refractivity contribution in [2.75, 3.05) is 7.11 Å².